The van der Waals surface area contributed by atoms with E-state index in [1.165, 1.54) is 6.92 Å². The van der Waals surface area contributed by atoms with E-state index in [-0.39, 0.29) is 30.5 Å². The third kappa shape index (κ3) is 9.00. The van der Waals surface area contributed by atoms with E-state index < -0.39 is 5.97 Å². The molecule has 2 rings (SSSR count). The lowest BCUT2D eigenvalue weighted by Gasteiger charge is -2.14. The van der Waals surface area contributed by atoms with E-state index in [0.717, 1.165) is 13.2 Å². The zero-order valence-corrected chi connectivity index (χ0v) is 11.6. The van der Waals surface area contributed by atoms with Gasteiger partial charge in [0.15, 0.2) is 0 Å². The SMILES string of the molecule is C=C(C)C(=O)O.OCC(COCC1CO1)OCC1CO1. The third-order valence-corrected chi connectivity index (χ3v) is 2.50. The van der Waals surface area contributed by atoms with Crippen LogP contribution in [0.15, 0.2) is 12.2 Å². The summed E-state index contributed by atoms with van der Waals surface area (Å²) in [4.78, 5) is 9.60. The van der Waals surface area contributed by atoms with Gasteiger partial charge in [-0.3, -0.25) is 0 Å². The number of carbonyl (C=O) groups is 1. The van der Waals surface area contributed by atoms with Crippen molar-refractivity contribution in [2.24, 2.45) is 0 Å². The number of hydrogen-bond acceptors (Lipinski definition) is 6. The highest BCUT2D eigenvalue weighted by Gasteiger charge is 2.25. The molecule has 0 aromatic carbocycles. The number of aliphatic hydroxyl groups excluding tert-OH is 1. The lowest BCUT2D eigenvalue weighted by Crippen LogP contribution is -2.26. The van der Waals surface area contributed by atoms with Crippen molar-refractivity contribution in [3.05, 3.63) is 12.2 Å². The van der Waals surface area contributed by atoms with Crippen LogP contribution in [0.5, 0.6) is 0 Å². The molecule has 0 spiro atoms. The van der Waals surface area contributed by atoms with Gasteiger partial charge in [0.1, 0.15) is 18.3 Å². The normalized spacial score (nSPS) is 24.3. The molecule has 2 N–H and O–H groups in total. The Hall–Kier alpha value is -0.990. The van der Waals surface area contributed by atoms with Gasteiger partial charge in [0, 0.05) is 5.57 Å². The van der Waals surface area contributed by atoms with Crippen LogP contribution in [-0.2, 0) is 23.7 Å². The largest absolute Gasteiger partial charge is 0.478 e. The highest BCUT2D eigenvalue weighted by molar-refractivity contribution is 5.84. The van der Waals surface area contributed by atoms with Gasteiger partial charge in [-0.1, -0.05) is 6.58 Å². The van der Waals surface area contributed by atoms with E-state index in [1.807, 2.05) is 0 Å². The van der Waals surface area contributed by atoms with Crippen LogP contribution >= 0.6 is 0 Å². The fraction of sp³-hybridized carbons (Fsp3) is 0.769. The van der Waals surface area contributed by atoms with Crippen molar-refractivity contribution >= 4 is 5.97 Å². The fourth-order valence-electron chi connectivity index (χ4n) is 1.06. The van der Waals surface area contributed by atoms with E-state index in [4.69, 9.17) is 29.2 Å². The van der Waals surface area contributed by atoms with Crippen LogP contribution in [0.25, 0.3) is 0 Å². The number of rotatable bonds is 9. The van der Waals surface area contributed by atoms with Gasteiger partial charge in [0.2, 0.25) is 0 Å². The second kappa shape index (κ2) is 9.04. The Bertz CT molecular complexity index is 298. The minimum absolute atomic E-state index is 0.0156. The Morgan fingerprint density at radius 3 is 2.25 bits per heavy atom. The van der Waals surface area contributed by atoms with Crippen LogP contribution in [0, 0.1) is 0 Å². The van der Waals surface area contributed by atoms with Crippen molar-refractivity contribution in [2.45, 2.75) is 25.2 Å². The van der Waals surface area contributed by atoms with Gasteiger partial charge in [-0.25, -0.2) is 4.79 Å². The van der Waals surface area contributed by atoms with Crippen LogP contribution in [0.2, 0.25) is 0 Å². The summed E-state index contributed by atoms with van der Waals surface area (Å²) in [5.74, 6) is -0.935. The molecule has 0 saturated carbocycles. The molecule has 0 aromatic rings. The monoisotopic (exact) mass is 290 g/mol. The maximum absolute atomic E-state index is 9.60. The number of hydrogen-bond donors (Lipinski definition) is 2. The lowest BCUT2D eigenvalue weighted by molar-refractivity contribution is -0.132. The predicted molar refractivity (Wildman–Crippen MR) is 69.6 cm³/mol. The first kappa shape index (κ1) is 17.1. The number of aliphatic hydroxyl groups is 1. The quantitative estimate of drug-likeness (QED) is 0.449. The van der Waals surface area contributed by atoms with E-state index in [9.17, 15) is 4.79 Å². The molecule has 2 aliphatic heterocycles. The second-order valence-electron chi connectivity index (χ2n) is 4.67. The summed E-state index contributed by atoms with van der Waals surface area (Å²) in [5.41, 5.74) is 0.176. The molecule has 2 saturated heterocycles. The minimum atomic E-state index is -0.935. The van der Waals surface area contributed by atoms with E-state index in [2.05, 4.69) is 6.58 Å². The average molecular weight is 290 g/mol. The molecule has 2 heterocycles. The molecule has 0 aromatic heterocycles. The van der Waals surface area contributed by atoms with Crippen molar-refractivity contribution in [2.75, 3.05) is 39.6 Å². The summed E-state index contributed by atoms with van der Waals surface area (Å²) in [7, 11) is 0. The van der Waals surface area contributed by atoms with Gasteiger partial charge in [0.25, 0.3) is 0 Å². The Morgan fingerprint density at radius 2 is 1.85 bits per heavy atom. The number of aliphatic carboxylic acids is 1. The standard InChI is InChI=1S/C9H16O5.C4H6O2/c10-1-7(12-5-9-6-14-9)2-11-3-8-4-13-8;1-3(2)4(5)6/h7-10H,1-6H2;1H2,2H3,(H,5,6). The summed E-state index contributed by atoms with van der Waals surface area (Å²) < 4.78 is 20.7. The minimum Gasteiger partial charge on any atom is -0.478 e. The fourth-order valence-corrected chi connectivity index (χ4v) is 1.06. The molecule has 0 radical (unpaired) electrons. The molecular weight excluding hydrogens is 268 g/mol. The number of carboxylic acid groups (broad SMARTS) is 1. The first-order valence-corrected chi connectivity index (χ1v) is 6.45. The molecule has 0 bridgehead atoms. The summed E-state index contributed by atoms with van der Waals surface area (Å²) in [6, 6.07) is 0. The lowest BCUT2D eigenvalue weighted by atomic mass is 10.4. The Balaban J connectivity index is 0.000000286. The van der Waals surface area contributed by atoms with Crippen molar-refractivity contribution in [1.82, 2.24) is 0 Å². The molecule has 0 aliphatic carbocycles. The van der Waals surface area contributed by atoms with Crippen molar-refractivity contribution in [3.63, 3.8) is 0 Å². The molecule has 116 valence electrons. The predicted octanol–water partition coefficient (Wildman–Crippen LogP) is -0.175. The van der Waals surface area contributed by atoms with Crippen LogP contribution in [0.1, 0.15) is 6.92 Å². The second-order valence-corrected chi connectivity index (χ2v) is 4.67. The summed E-state index contributed by atoms with van der Waals surface area (Å²) in [6.07, 6.45) is 0.259. The number of epoxide rings is 2. The van der Waals surface area contributed by atoms with Gasteiger partial charge >= 0.3 is 5.97 Å². The van der Waals surface area contributed by atoms with Crippen LogP contribution < -0.4 is 0 Å². The number of carboxylic acids is 1. The molecular formula is C13H22O7. The van der Waals surface area contributed by atoms with Crippen molar-refractivity contribution in [3.8, 4) is 0 Å². The summed E-state index contributed by atoms with van der Waals surface area (Å²) in [6.45, 7) is 7.72. The molecule has 3 unspecified atom stereocenters. The van der Waals surface area contributed by atoms with Gasteiger partial charge in [-0.05, 0) is 6.92 Å². The highest BCUT2D eigenvalue weighted by Crippen LogP contribution is 2.11. The van der Waals surface area contributed by atoms with Crippen LogP contribution in [-0.4, -0.2) is 74.1 Å². The Labute approximate surface area is 118 Å². The van der Waals surface area contributed by atoms with E-state index >= 15 is 0 Å². The molecule has 7 heteroatoms. The van der Waals surface area contributed by atoms with Gasteiger partial charge in [-0.2, -0.15) is 0 Å². The van der Waals surface area contributed by atoms with Gasteiger partial charge in [-0.15, -0.1) is 0 Å². The molecule has 7 nitrogen and oxygen atoms in total. The Kier molecular flexibility index (Phi) is 7.71. The first-order valence-electron chi connectivity index (χ1n) is 6.45. The van der Waals surface area contributed by atoms with E-state index in [1.54, 1.807) is 0 Å². The first-order chi connectivity index (χ1) is 9.52. The maximum Gasteiger partial charge on any atom is 0.330 e. The van der Waals surface area contributed by atoms with Crippen molar-refractivity contribution < 1.29 is 34.0 Å². The average Bonchev–Trinajstić information content (AvgIpc) is 3.27. The van der Waals surface area contributed by atoms with Crippen molar-refractivity contribution in [1.29, 1.82) is 0 Å². The zero-order chi connectivity index (χ0) is 15.0. The summed E-state index contributed by atoms with van der Waals surface area (Å²) in [5, 5.41) is 16.9. The number of ether oxygens (including phenoxy) is 4. The Morgan fingerprint density at radius 1 is 1.35 bits per heavy atom. The zero-order valence-electron chi connectivity index (χ0n) is 11.6. The topological polar surface area (TPSA) is 101 Å². The van der Waals surface area contributed by atoms with Crippen LogP contribution in [0.3, 0.4) is 0 Å². The smallest absolute Gasteiger partial charge is 0.330 e. The van der Waals surface area contributed by atoms with Gasteiger partial charge in [0.05, 0.1) is 39.6 Å². The molecule has 20 heavy (non-hydrogen) atoms. The summed E-state index contributed by atoms with van der Waals surface area (Å²) >= 11 is 0. The van der Waals surface area contributed by atoms with Gasteiger partial charge < -0.3 is 29.2 Å². The van der Waals surface area contributed by atoms with Crippen LogP contribution in [0.4, 0.5) is 0 Å². The molecule has 3 atom stereocenters. The molecule has 0 amide bonds. The third-order valence-electron chi connectivity index (χ3n) is 2.50. The highest BCUT2D eigenvalue weighted by atomic mass is 16.6. The maximum atomic E-state index is 9.60. The van der Waals surface area contributed by atoms with E-state index in [0.29, 0.717) is 19.8 Å². The molecule has 2 fully saturated rings. The molecule has 2 aliphatic rings.